The van der Waals surface area contributed by atoms with Gasteiger partial charge in [-0.15, -0.1) is 0 Å². The lowest BCUT2D eigenvalue weighted by Gasteiger charge is -2.37. The van der Waals surface area contributed by atoms with Crippen molar-refractivity contribution in [2.45, 2.75) is 36.5 Å². The molecule has 0 bridgehead atoms. The number of fused-ring (bicyclic) bond motifs is 3. The first kappa shape index (κ1) is 27.0. The lowest BCUT2D eigenvalue weighted by Crippen LogP contribution is -2.43. The summed E-state index contributed by atoms with van der Waals surface area (Å²) in [5.74, 6) is 1.16. The van der Waals surface area contributed by atoms with Crippen LogP contribution < -0.4 is 14.2 Å². The van der Waals surface area contributed by atoms with E-state index in [2.05, 4.69) is 0 Å². The van der Waals surface area contributed by atoms with Crippen LogP contribution in [0.4, 0.5) is 0 Å². The Morgan fingerprint density at radius 2 is 1.51 bits per heavy atom. The summed E-state index contributed by atoms with van der Waals surface area (Å²) in [6.45, 7) is 2.35. The van der Waals surface area contributed by atoms with Crippen LogP contribution in [0.5, 0.6) is 17.2 Å². The topological polar surface area (TPSA) is 94.6 Å². The second kappa shape index (κ2) is 10.5. The van der Waals surface area contributed by atoms with Gasteiger partial charge in [0.1, 0.15) is 18.0 Å². The number of benzene rings is 3. The first-order valence-corrected chi connectivity index (χ1v) is 14.0. The van der Waals surface area contributed by atoms with Gasteiger partial charge in [-0.1, -0.05) is 29.8 Å². The Labute approximate surface area is 228 Å². The first-order valence-electron chi connectivity index (χ1n) is 12.6. The Bertz CT molecular complexity index is 1470. The van der Waals surface area contributed by atoms with Crippen LogP contribution in [0.25, 0.3) is 0 Å². The van der Waals surface area contributed by atoms with E-state index in [1.165, 1.54) is 18.5 Å². The van der Waals surface area contributed by atoms with Crippen molar-refractivity contribution in [3.63, 3.8) is 0 Å². The summed E-state index contributed by atoms with van der Waals surface area (Å²) in [5, 5.41) is 0. The molecule has 2 aliphatic heterocycles. The van der Waals surface area contributed by atoms with Crippen LogP contribution in [0, 0.1) is 6.92 Å². The monoisotopic (exact) mass is 552 g/mol. The average Bonchev–Trinajstić information content (AvgIpc) is 3.32. The molecule has 0 spiro atoms. The van der Waals surface area contributed by atoms with E-state index < -0.39 is 34.2 Å². The van der Waals surface area contributed by atoms with Gasteiger partial charge in [0, 0.05) is 6.54 Å². The zero-order chi connectivity index (χ0) is 27.9. The van der Waals surface area contributed by atoms with Crippen LogP contribution in [0.2, 0.25) is 0 Å². The average molecular weight is 553 g/mol. The molecule has 9 nitrogen and oxygen atoms in total. The molecular weight excluding hydrogens is 520 g/mol. The zero-order valence-corrected chi connectivity index (χ0v) is 23.4. The van der Waals surface area contributed by atoms with E-state index in [0.29, 0.717) is 35.8 Å². The standard InChI is InChI=1S/C29H32N2O7S/c1-18-6-12-22(13-7-18)39(33,34)31-26(19-8-10-21(35-2)11-9-19)27(29(32)38-5)30-15-14-20-16-24(36-3)25(37-4)17-23(20)28(30)31/h6-13,16-17,26-28H,14-15H2,1-5H3/t26-,27+,28+/m0/s1. The van der Waals surface area contributed by atoms with Gasteiger partial charge in [-0.25, -0.2) is 8.42 Å². The minimum Gasteiger partial charge on any atom is -0.497 e. The zero-order valence-electron chi connectivity index (χ0n) is 22.6. The van der Waals surface area contributed by atoms with E-state index in [1.54, 1.807) is 62.8 Å². The molecule has 1 saturated heterocycles. The van der Waals surface area contributed by atoms with E-state index >= 15 is 0 Å². The summed E-state index contributed by atoms with van der Waals surface area (Å²) in [6, 6.07) is 15.8. The van der Waals surface area contributed by atoms with Crippen LogP contribution in [-0.2, 0) is 26.0 Å². The molecule has 3 aromatic rings. The second-order valence-electron chi connectivity index (χ2n) is 9.60. The third-order valence-corrected chi connectivity index (χ3v) is 9.39. The fourth-order valence-corrected chi connectivity index (χ4v) is 7.38. The summed E-state index contributed by atoms with van der Waals surface area (Å²) in [4.78, 5) is 15.5. The highest BCUT2D eigenvalue weighted by atomic mass is 32.2. The lowest BCUT2D eigenvalue weighted by atomic mass is 9.95. The molecule has 3 aromatic carbocycles. The number of carbonyl (C=O) groups excluding carboxylic acids is 1. The number of methoxy groups -OCH3 is 4. The Morgan fingerprint density at radius 1 is 0.872 bits per heavy atom. The van der Waals surface area contributed by atoms with E-state index in [-0.39, 0.29) is 4.90 Å². The summed E-state index contributed by atoms with van der Waals surface area (Å²) >= 11 is 0. The SMILES string of the molecule is COC(=O)[C@H]1[C@H](c2ccc(OC)cc2)N(S(=O)(=O)c2ccc(C)cc2)[C@@H]2c3cc(OC)c(OC)cc3CCN21. The molecule has 0 radical (unpaired) electrons. The Balaban J connectivity index is 1.78. The van der Waals surface area contributed by atoms with Crippen molar-refractivity contribution in [2.24, 2.45) is 0 Å². The van der Waals surface area contributed by atoms with Crippen LogP contribution in [0.3, 0.4) is 0 Å². The van der Waals surface area contributed by atoms with Gasteiger partial charge >= 0.3 is 5.97 Å². The highest BCUT2D eigenvalue weighted by molar-refractivity contribution is 7.89. The van der Waals surface area contributed by atoms with Crippen molar-refractivity contribution in [3.05, 3.63) is 82.9 Å². The minimum absolute atomic E-state index is 0.143. The lowest BCUT2D eigenvalue weighted by molar-refractivity contribution is -0.147. The van der Waals surface area contributed by atoms with Crippen molar-refractivity contribution < 1.29 is 32.2 Å². The van der Waals surface area contributed by atoms with Gasteiger partial charge in [-0.05, 0) is 66.4 Å². The molecular formula is C29H32N2O7S. The fourth-order valence-electron chi connectivity index (χ4n) is 5.62. The number of nitrogens with zero attached hydrogens (tertiary/aromatic N) is 2. The van der Waals surface area contributed by atoms with Crippen LogP contribution >= 0.6 is 0 Å². The molecule has 2 aliphatic rings. The molecule has 0 aliphatic carbocycles. The number of aryl methyl sites for hydroxylation is 1. The number of sulfonamides is 1. The van der Waals surface area contributed by atoms with Gasteiger partial charge in [0.05, 0.1) is 39.4 Å². The molecule has 5 rings (SSSR count). The summed E-state index contributed by atoms with van der Waals surface area (Å²) < 4.78 is 52.2. The van der Waals surface area contributed by atoms with E-state index in [0.717, 1.165) is 16.7 Å². The first-order chi connectivity index (χ1) is 18.7. The molecule has 206 valence electrons. The summed E-state index contributed by atoms with van der Waals surface area (Å²) in [5.41, 5.74) is 3.26. The highest BCUT2D eigenvalue weighted by Crippen LogP contribution is 2.52. The molecule has 0 unspecified atom stereocenters. The molecule has 0 amide bonds. The molecule has 1 fully saturated rings. The van der Waals surface area contributed by atoms with Crippen molar-refractivity contribution in [2.75, 3.05) is 35.0 Å². The fraction of sp³-hybridized carbons (Fsp3) is 0.345. The number of rotatable bonds is 7. The van der Waals surface area contributed by atoms with Crippen molar-refractivity contribution in [1.29, 1.82) is 0 Å². The maximum atomic E-state index is 14.5. The number of hydrogen-bond donors (Lipinski definition) is 0. The molecule has 3 atom stereocenters. The Morgan fingerprint density at radius 3 is 2.10 bits per heavy atom. The summed E-state index contributed by atoms with van der Waals surface area (Å²) in [7, 11) is 1.88. The Kier molecular flexibility index (Phi) is 7.28. The van der Waals surface area contributed by atoms with Crippen LogP contribution in [-0.4, -0.2) is 64.6 Å². The third kappa shape index (κ3) is 4.52. The van der Waals surface area contributed by atoms with E-state index in [4.69, 9.17) is 18.9 Å². The van der Waals surface area contributed by atoms with E-state index in [9.17, 15) is 13.2 Å². The van der Waals surface area contributed by atoms with E-state index in [1.807, 2.05) is 24.0 Å². The van der Waals surface area contributed by atoms with Crippen molar-refractivity contribution in [1.82, 2.24) is 9.21 Å². The number of hydrogen-bond acceptors (Lipinski definition) is 8. The predicted molar refractivity (Wildman–Crippen MR) is 144 cm³/mol. The van der Waals surface area contributed by atoms with Gasteiger partial charge in [-0.3, -0.25) is 9.69 Å². The van der Waals surface area contributed by atoms with Gasteiger partial charge in [0.25, 0.3) is 0 Å². The molecule has 0 saturated carbocycles. The normalized spacial score (nSPS) is 21.1. The second-order valence-corrected chi connectivity index (χ2v) is 11.4. The van der Waals surface area contributed by atoms with Crippen LogP contribution in [0.15, 0.2) is 65.6 Å². The maximum absolute atomic E-state index is 14.5. The minimum atomic E-state index is -4.11. The van der Waals surface area contributed by atoms with Crippen molar-refractivity contribution >= 4 is 16.0 Å². The quantitative estimate of drug-likeness (QED) is 0.408. The number of carbonyl (C=O) groups is 1. The molecule has 0 N–H and O–H groups in total. The maximum Gasteiger partial charge on any atom is 0.325 e. The molecule has 10 heteroatoms. The highest BCUT2D eigenvalue weighted by Gasteiger charge is 2.58. The van der Waals surface area contributed by atoms with Gasteiger partial charge in [0.15, 0.2) is 11.5 Å². The van der Waals surface area contributed by atoms with Crippen molar-refractivity contribution in [3.8, 4) is 17.2 Å². The number of esters is 1. The van der Waals surface area contributed by atoms with Gasteiger partial charge < -0.3 is 18.9 Å². The smallest absolute Gasteiger partial charge is 0.325 e. The molecule has 0 aromatic heterocycles. The van der Waals surface area contributed by atoms with Gasteiger partial charge in [0.2, 0.25) is 10.0 Å². The van der Waals surface area contributed by atoms with Gasteiger partial charge in [-0.2, -0.15) is 4.31 Å². The number of ether oxygens (including phenoxy) is 4. The molecule has 2 heterocycles. The largest absolute Gasteiger partial charge is 0.497 e. The predicted octanol–water partition coefficient (Wildman–Crippen LogP) is 3.86. The molecule has 39 heavy (non-hydrogen) atoms. The summed E-state index contributed by atoms with van der Waals surface area (Å²) in [6.07, 6.45) is -0.191. The Hall–Kier alpha value is -3.60. The van der Waals surface area contributed by atoms with Crippen LogP contribution in [0.1, 0.15) is 34.5 Å². The third-order valence-electron chi connectivity index (χ3n) is 7.55.